The van der Waals surface area contributed by atoms with Crippen LogP contribution in [0.25, 0.3) is 0 Å². The lowest BCUT2D eigenvalue weighted by molar-refractivity contribution is -0.129. The van der Waals surface area contributed by atoms with Crippen molar-refractivity contribution in [1.29, 1.82) is 5.26 Å². The van der Waals surface area contributed by atoms with E-state index in [1.54, 1.807) is 12.0 Å². The summed E-state index contributed by atoms with van der Waals surface area (Å²) in [5, 5.41) is 8.70. The molecule has 0 aliphatic rings. The van der Waals surface area contributed by atoms with Gasteiger partial charge in [0.25, 0.3) is 0 Å². The number of ether oxygens (including phenoxy) is 1. The van der Waals surface area contributed by atoms with Crippen LogP contribution in [0.3, 0.4) is 0 Å². The van der Waals surface area contributed by atoms with E-state index >= 15 is 0 Å². The first-order chi connectivity index (χ1) is 8.71. The molecule has 0 unspecified atom stereocenters. The van der Waals surface area contributed by atoms with Crippen molar-refractivity contribution in [2.24, 2.45) is 0 Å². The fourth-order valence-corrected chi connectivity index (χ4v) is 1.72. The summed E-state index contributed by atoms with van der Waals surface area (Å²) in [7, 11) is 1.60. The van der Waals surface area contributed by atoms with Crippen molar-refractivity contribution < 1.29 is 9.53 Å². The van der Waals surface area contributed by atoms with E-state index in [1.165, 1.54) is 0 Å². The molecule has 0 radical (unpaired) electrons. The van der Waals surface area contributed by atoms with Gasteiger partial charge in [0.05, 0.1) is 19.6 Å². The third kappa shape index (κ3) is 4.10. The number of amides is 1. The number of hydrogen-bond donors (Lipinski definition) is 0. The highest BCUT2D eigenvalue weighted by Gasteiger charge is 2.12. The number of benzene rings is 1. The molecule has 0 N–H and O–H groups in total. The van der Waals surface area contributed by atoms with Gasteiger partial charge in [0, 0.05) is 6.54 Å². The normalized spacial score (nSPS) is 9.61. The lowest BCUT2D eigenvalue weighted by Crippen LogP contribution is -2.33. The van der Waals surface area contributed by atoms with E-state index in [2.05, 4.69) is 0 Å². The van der Waals surface area contributed by atoms with Crippen molar-refractivity contribution in [2.75, 3.05) is 20.2 Å². The molecule has 4 heteroatoms. The van der Waals surface area contributed by atoms with Gasteiger partial charge in [-0.1, -0.05) is 19.1 Å². The van der Waals surface area contributed by atoms with Gasteiger partial charge in [-0.15, -0.1) is 0 Å². The first-order valence-electron chi connectivity index (χ1n) is 5.99. The van der Waals surface area contributed by atoms with E-state index in [9.17, 15) is 4.79 Å². The van der Waals surface area contributed by atoms with Gasteiger partial charge in [0.1, 0.15) is 12.3 Å². The molecule has 0 fully saturated rings. The smallest absolute Gasteiger partial charge is 0.227 e. The van der Waals surface area contributed by atoms with E-state index in [0.29, 0.717) is 13.0 Å². The van der Waals surface area contributed by atoms with Gasteiger partial charge in [-0.05, 0) is 24.1 Å². The molecule has 0 spiro atoms. The van der Waals surface area contributed by atoms with Crippen LogP contribution >= 0.6 is 0 Å². The molecule has 0 aliphatic carbocycles. The van der Waals surface area contributed by atoms with Crippen molar-refractivity contribution in [1.82, 2.24) is 4.90 Å². The van der Waals surface area contributed by atoms with Crippen LogP contribution in [0.15, 0.2) is 24.3 Å². The van der Waals surface area contributed by atoms with Crippen LogP contribution in [0.2, 0.25) is 0 Å². The first-order valence-corrected chi connectivity index (χ1v) is 5.99. The molecule has 0 aliphatic heterocycles. The predicted molar refractivity (Wildman–Crippen MR) is 69.2 cm³/mol. The standard InChI is InChI=1S/C14H18N2O2/c1-3-8-16(9-7-15)14(17)11-12-5-4-6-13(10-12)18-2/h4-6,10H,3,8-9,11H2,1-2H3. The Bertz CT molecular complexity index is 438. The van der Waals surface area contributed by atoms with Crippen LogP contribution in [0.5, 0.6) is 5.75 Å². The van der Waals surface area contributed by atoms with Gasteiger partial charge >= 0.3 is 0 Å². The summed E-state index contributed by atoms with van der Waals surface area (Å²) >= 11 is 0. The molecular formula is C14H18N2O2. The zero-order valence-corrected chi connectivity index (χ0v) is 10.8. The molecule has 1 amide bonds. The van der Waals surface area contributed by atoms with Gasteiger partial charge in [0.15, 0.2) is 0 Å². The molecular weight excluding hydrogens is 228 g/mol. The molecule has 1 aromatic rings. The van der Waals surface area contributed by atoms with E-state index in [0.717, 1.165) is 17.7 Å². The minimum absolute atomic E-state index is 0.0216. The maximum atomic E-state index is 12.0. The fraction of sp³-hybridized carbons (Fsp3) is 0.429. The van der Waals surface area contributed by atoms with Gasteiger partial charge < -0.3 is 9.64 Å². The summed E-state index contributed by atoms with van der Waals surface area (Å²) in [5.41, 5.74) is 0.901. The van der Waals surface area contributed by atoms with E-state index in [1.807, 2.05) is 37.3 Å². The minimum Gasteiger partial charge on any atom is -0.497 e. The monoisotopic (exact) mass is 246 g/mol. The average molecular weight is 246 g/mol. The highest BCUT2D eigenvalue weighted by atomic mass is 16.5. The number of methoxy groups -OCH3 is 1. The van der Waals surface area contributed by atoms with Crippen LogP contribution in [-0.2, 0) is 11.2 Å². The molecule has 0 heterocycles. The van der Waals surface area contributed by atoms with Crippen LogP contribution in [0, 0.1) is 11.3 Å². The van der Waals surface area contributed by atoms with Crippen LogP contribution in [0.1, 0.15) is 18.9 Å². The van der Waals surface area contributed by atoms with Gasteiger partial charge in [-0.3, -0.25) is 4.79 Å². The zero-order chi connectivity index (χ0) is 13.4. The van der Waals surface area contributed by atoms with Crippen LogP contribution < -0.4 is 4.74 Å². The fourth-order valence-electron chi connectivity index (χ4n) is 1.72. The lowest BCUT2D eigenvalue weighted by atomic mass is 10.1. The Morgan fingerprint density at radius 3 is 2.89 bits per heavy atom. The second-order valence-electron chi connectivity index (χ2n) is 4.00. The number of rotatable bonds is 6. The summed E-state index contributed by atoms with van der Waals surface area (Å²) in [6, 6.07) is 9.45. The van der Waals surface area contributed by atoms with E-state index in [4.69, 9.17) is 10.00 Å². The van der Waals surface area contributed by atoms with Gasteiger partial charge in [-0.25, -0.2) is 0 Å². The van der Waals surface area contributed by atoms with Crippen LogP contribution in [0.4, 0.5) is 0 Å². The third-order valence-corrected chi connectivity index (χ3v) is 2.60. The Morgan fingerprint density at radius 1 is 1.50 bits per heavy atom. The molecule has 1 rings (SSSR count). The predicted octanol–water partition coefficient (Wildman–Crippen LogP) is 2.00. The largest absolute Gasteiger partial charge is 0.497 e. The first kappa shape index (κ1) is 14.0. The molecule has 0 saturated carbocycles. The molecule has 1 aromatic carbocycles. The Balaban J connectivity index is 2.69. The summed E-state index contributed by atoms with van der Waals surface area (Å²) in [6.45, 7) is 2.76. The maximum Gasteiger partial charge on any atom is 0.227 e. The number of hydrogen-bond acceptors (Lipinski definition) is 3. The molecule has 4 nitrogen and oxygen atoms in total. The van der Waals surface area contributed by atoms with Crippen molar-refractivity contribution in [3.63, 3.8) is 0 Å². The second kappa shape index (κ2) is 7.33. The second-order valence-corrected chi connectivity index (χ2v) is 4.00. The number of carbonyl (C=O) groups is 1. The van der Waals surface area contributed by atoms with Crippen LogP contribution in [-0.4, -0.2) is 31.0 Å². The average Bonchev–Trinajstić information content (AvgIpc) is 2.38. The highest BCUT2D eigenvalue weighted by Crippen LogP contribution is 2.13. The molecule has 96 valence electrons. The van der Waals surface area contributed by atoms with Gasteiger partial charge in [-0.2, -0.15) is 5.26 Å². The SMILES string of the molecule is CCCN(CC#N)C(=O)Cc1cccc(OC)c1. The number of nitrogens with zero attached hydrogens (tertiary/aromatic N) is 2. The number of nitriles is 1. The Hall–Kier alpha value is -2.02. The van der Waals surface area contributed by atoms with Crippen molar-refractivity contribution in [3.05, 3.63) is 29.8 Å². The zero-order valence-electron chi connectivity index (χ0n) is 10.8. The lowest BCUT2D eigenvalue weighted by Gasteiger charge is -2.18. The Labute approximate surface area is 108 Å². The van der Waals surface area contributed by atoms with Crippen molar-refractivity contribution in [2.45, 2.75) is 19.8 Å². The molecule has 18 heavy (non-hydrogen) atoms. The third-order valence-electron chi connectivity index (χ3n) is 2.60. The summed E-state index contributed by atoms with van der Waals surface area (Å²) < 4.78 is 5.11. The summed E-state index contributed by atoms with van der Waals surface area (Å²) in [4.78, 5) is 13.6. The summed E-state index contributed by atoms with van der Waals surface area (Å²) in [5.74, 6) is 0.717. The van der Waals surface area contributed by atoms with E-state index < -0.39 is 0 Å². The molecule has 0 aromatic heterocycles. The maximum absolute atomic E-state index is 12.0. The topological polar surface area (TPSA) is 53.3 Å². The number of carbonyl (C=O) groups excluding carboxylic acids is 1. The Kier molecular flexibility index (Phi) is 5.72. The summed E-state index contributed by atoms with van der Waals surface area (Å²) in [6.07, 6.45) is 1.16. The highest BCUT2D eigenvalue weighted by molar-refractivity contribution is 5.79. The Morgan fingerprint density at radius 2 is 2.28 bits per heavy atom. The van der Waals surface area contributed by atoms with E-state index in [-0.39, 0.29) is 12.5 Å². The van der Waals surface area contributed by atoms with Crippen molar-refractivity contribution >= 4 is 5.91 Å². The minimum atomic E-state index is -0.0216. The molecule has 0 saturated heterocycles. The molecule has 0 atom stereocenters. The van der Waals surface area contributed by atoms with Crippen molar-refractivity contribution in [3.8, 4) is 11.8 Å². The quantitative estimate of drug-likeness (QED) is 0.721. The molecule has 0 bridgehead atoms. The van der Waals surface area contributed by atoms with Gasteiger partial charge in [0.2, 0.25) is 5.91 Å².